The molecule has 1 atom stereocenters. The van der Waals surface area contributed by atoms with Gasteiger partial charge in [-0.05, 0) is 23.3 Å². The number of aliphatic carboxylic acids is 1. The molecule has 23 heavy (non-hydrogen) atoms. The first kappa shape index (κ1) is 16.4. The van der Waals surface area contributed by atoms with Crippen molar-refractivity contribution in [2.24, 2.45) is 0 Å². The third-order valence-electron chi connectivity index (χ3n) is 3.19. The van der Waals surface area contributed by atoms with E-state index in [-0.39, 0.29) is 13.0 Å². The van der Waals surface area contributed by atoms with E-state index in [1.54, 1.807) is 24.3 Å². The van der Waals surface area contributed by atoms with Crippen molar-refractivity contribution in [3.63, 3.8) is 0 Å². The molecule has 120 valence electrons. The second-order valence-corrected chi connectivity index (χ2v) is 5.05. The van der Waals surface area contributed by atoms with Crippen molar-refractivity contribution < 1.29 is 19.4 Å². The summed E-state index contributed by atoms with van der Waals surface area (Å²) in [5, 5.41) is 11.6. The molecule has 0 unspecified atom stereocenters. The number of carbonyl (C=O) groups is 2. The minimum absolute atomic E-state index is 0.0807. The van der Waals surface area contributed by atoms with Gasteiger partial charge in [-0.15, -0.1) is 0 Å². The number of amides is 1. The second kappa shape index (κ2) is 7.84. The number of anilines is 1. The minimum atomic E-state index is -1.14. The zero-order valence-corrected chi connectivity index (χ0v) is 12.4. The van der Waals surface area contributed by atoms with Crippen molar-refractivity contribution in [1.29, 1.82) is 0 Å². The Labute approximate surface area is 133 Å². The largest absolute Gasteiger partial charge is 0.480 e. The van der Waals surface area contributed by atoms with Crippen molar-refractivity contribution in [3.05, 3.63) is 65.7 Å². The highest BCUT2D eigenvalue weighted by atomic mass is 16.5. The molecule has 0 heterocycles. The van der Waals surface area contributed by atoms with Crippen molar-refractivity contribution in [2.75, 3.05) is 5.73 Å². The van der Waals surface area contributed by atoms with Crippen LogP contribution in [0, 0.1) is 0 Å². The van der Waals surface area contributed by atoms with Crippen LogP contribution in [0.4, 0.5) is 10.5 Å². The quantitative estimate of drug-likeness (QED) is 0.709. The first-order valence-corrected chi connectivity index (χ1v) is 7.09. The summed E-state index contributed by atoms with van der Waals surface area (Å²) >= 11 is 0. The summed E-state index contributed by atoms with van der Waals surface area (Å²) in [6.45, 7) is 0.0807. The molecule has 6 nitrogen and oxygen atoms in total. The van der Waals surface area contributed by atoms with Crippen LogP contribution in [0.2, 0.25) is 0 Å². The average molecular weight is 314 g/mol. The number of rotatable bonds is 6. The van der Waals surface area contributed by atoms with E-state index in [0.29, 0.717) is 5.69 Å². The normalized spacial score (nSPS) is 11.5. The van der Waals surface area contributed by atoms with Gasteiger partial charge in [0.2, 0.25) is 0 Å². The predicted molar refractivity (Wildman–Crippen MR) is 85.7 cm³/mol. The van der Waals surface area contributed by atoms with Gasteiger partial charge in [-0.2, -0.15) is 0 Å². The number of nitrogens with one attached hydrogen (secondary N) is 1. The van der Waals surface area contributed by atoms with Crippen LogP contribution in [0.15, 0.2) is 54.6 Å². The van der Waals surface area contributed by atoms with E-state index in [1.165, 1.54) is 0 Å². The number of hydrogen-bond donors (Lipinski definition) is 3. The van der Waals surface area contributed by atoms with Gasteiger partial charge in [0.1, 0.15) is 12.6 Å². The third kappa shape index (κ3) is 5.35. The number of alkyl carbamates (subject to hydrolysis) is 1. The van der Waals surface area contributed by atoms with E-state index in [4.69, 9.17) is 10.5 Å². The van der Waals surface area contributed by atoms with Crippen LogP contribution in [0.25, 0.3) is 0 Å². The van der Waals surface area contributed by atoms with Gasteiger partial charge in [0.05, 0.1) is 0 Å². The van der Waals surface area contributed by atoms with Gasteiger partial charge < -0.3 is 20.9 Å². The molecule has 0 fully saturated rings. The third-order valence-corrected chi connectivity index (χ3v) is 3.19. The summed E-state index contributed by atoms with van der Waals surface area (Å²) in [7, 11) is 0. The molecule has 0 saturated heterocycles. The monoisotopic (exact) mass is 314 g/mol. The number of carbonyl (C=O) groups excluding carboxylic acids is 1. The minimum Gasteiger partial charge on any atom is -0.480 e. The van der Waals surface area contributed by atoms with Crippen molar-refractivity contribution >= 4 is 17.7 Å². The molecular weight excluding hydrogens is 296 g/mol. The molecule has 0 aliphatic rings. The highest BCUT2D eigenvalue weighted by Crippen LogP contribution is 2.09. The van der Waals surface area contributed by atoms with E-state index >= 15 is 0 Å². The van der Waals surface area contributed by atoms with Crippen LogP contribution in [0.3, 0.4) is 0 Å². The lowest BCUT2D eigenvalue weighted by Crippen LogP contribution is -2.42. The molecule has 0 spiro atoms. The Morgan fingerprint density at radius 1 is 1.09 bits per heavy atom. The van der Waals surface area contributed by atoms with Gasteiger partial charge in [-0.3, -0.25) is 0 Å². The standard InChI is InChI=1S/C17H18N2O4/c18-14-8-4-7-13(9-14)10-15(16(20)21)19-17(22)23-11-12-5-2-1-3-6-12/h1-9,15H,10-11,18H2,(H,19,22)(H,20,21)/t15-/m0/s1. The van der Waals surface area contributed by atoms with Gasteiger partial charge in [-0.1, -0.05) is 42.5 Å². The summed E-state index contributed by atoms with van der Waals surface area (Å²) in [5.74, 6) is -1.14. The van der Waals surface area contributed by atoms with Crippen LogP contribution < -0.4 is 11.1 Å². The van der Waals surface area contributed by atoms with Gasteiger partial charge >= 0.3 is 12.1 Å². The Morgan fingerprint density at radius 2 is 1.78 bits per heavy atom. The summed E-state index contributed by atoms with van der Waals surface area (Å²) in [6, 6.07) is 14.9. The lowest BCUT2D eigenvalue weighted by Gasteiger charge is -2.15. The maximum Gasteiger partial charge on any atom is 0.408 e. The Bertz CT molecular complexity index is 673. The van der Waals surface area contributed by atoms with Crippen LogP contribution in [0.1, 0.15) is 11.1 Å². The van der Waals surface area contributed by atoms with Crippen LogP contribution in [-0.2, 0) is 22.6 Å². The summed E-state index contributed by atoms with van der Waals surface area (Å²) in [6.07, 6.45) is -0.647. The Hall–Kier alpha value is -3.02. The molecule has 2 aromatic rings. The SMILES string of the molecule is Nc1cccc(C[C@H](NC(=O)OCc2ccccc2)C(=O)O)c1. The molecule has 0 radical (unpaired) electrons. The van der Waals surface area contributed by atoms with Gasteiger partial charge in [0.15, 0.2) is 0 Å². The van der Waals surface area contributed by atoms with Crippen LogP contribution in [0.5, 0.6) is 0 Å². The lowest BCUT2D eigenvalue weighted by molar-refractivity contribution is -0.139. The zero-order chi connectivity index (χ0) is 16.7. The molecule has 2 aromatic carbocycles. The molecule has 4 N–H and O–H groups in total. The van der Waals surface area contributed by atoms with E-state index in [0.717, 1.165) is 11.1 Å². The zero-order valence-electron chi connectivity index (χ0n) is 12.4. The first-order valence-electron chi connectivity index (χ1n) is 7.09. The lowest BCUT2D eigenvalue weighted by atomic mass is 10.1. The van der Waals surface area contributed by atoms with Crippen LogP contribution in [-0.4, -0.2) is 23.2 Å². The predicted octanol–water partition coefficient (Wildman–Crippen LogP) is 2.19. The van der Waals surface area contributed by atoms with Crippen LogP contribution >= 0.6 is 0 Å². The van der Waals surface area contributed by atoms with Crippen molar-refractivity contribution in [2.45, 2.75) is 19.1 Å². The van der Waals surface area contributed by atoms with Crippen molar-refractivity contribution in [3.8, 4) is 0 Å². The number of carboxylic acids is 1. The summed E-state index contributed by atoms with van der Waals surface area (Å²) in [4.78, 5) is 23.1. The number of hydrogen-bond acceptors (Lipinski definition) is 4. The fourth-order valence-corrected chi connectivity index (χ4v) is 2.06. The smallest absolute Gasteiger partial charge is 0.408 e. The number of nitrogens with two attached hydrogens (primary N) is 1. The Balaban J connectivity index is 1.91. The highest BCUT2D eigenvalue weighted by molar-refractivity contribution is 5.80. The topological polar surface area (TPSA) is 102 Å². The van der Waals surface area contributed by atoms with E-state index in [9.17, 15) is 14.7 Å². The van der Waals surface area contributed by atoms with E-state index in [1.807, 2.05) is 30.3 Å². The Kier molecular flexibility index (Phi) is 5.57. The molecule has 0 aromatic heterocycles. The fraction of sp³-hybridized carbons (Fsp3) is 0.176. The van der Waals surface area contributed by atoms with Crippen molar-refractivity contribution in [1.82, 2.24) is 5.32 Å². The number of benzene rings is 2. The van der Waals surface area contributed by atoms with E-state index < -0.39 is 18.1 Å². The molecule has 0 aliphatic carbocycles. The Morgan fingerprint density at radius 3 is 2.43 bits per heavy atom. The number of carboxylic acid groups (broad SMARTS) is 1. The maximum absolute atomic E-state index is 11.8. The number of nitrogen functional groups attached to an aromatic ring is 1. The molecule has 0 bridgehead atoms. The van der Waals surface area contributed by atoms with Gasteiger partial charge in [0, 0.05) is 12.1 Å². The second-order valence-electron chi connectivity index (χ2n) is 5.05. The fourth-order valence-electron chi connectivity index (χ4n) is 2.06. The average Bonchev–Trinajstić information content (AvgIpc) is 2.53. The molecule has 6 heteroatoms. The van der Waals surface area contributed by atoms with E-state index in [2.05, 4.69) is 5.32 Å². The van der Waals surface area contributed by atoms with Gasteiger partial charge in [0.25, 0.3) is 0 Å². The van der Waals surface area contributed by atoms with Gasteiger partial charge in [-0.25, -0.2) is 9.59 Å². The molecular formula is C17H18N2O4. The first-order chi connectivity index (χ1) is 11.0. The maximum atomic E-state index is 11.8. The molecule has 0 saturated carbocycles. The molecule has 1 amide bonds. The molecule has 2 rings (SSSR count). The summed E-state index contributed by atoms with van der Waals surface area (Å²) in [5.41, 5.74) is 7.75. The number of ether oxygens (including phenoxy) is 1. The highest BCUT2D eigenvalue weighted by Gasteiger charge is 2.21. The molecule has 0 aliphatic heterocycles. The summed E-state index contributed by atoms with van der Waals surface area (Å²) < 4.78 is 5.03.